The molecule has 0 saturated carbocycles. The lowest BCUT2D eigenvalue weighted by molar-refractivity contribution is -0.135. The predicted octanol–water partition coefficient (Wildman–Crippen LogP) is 0.372. The molecule has 2 amide bonds. The lowest BCUT2D eigenvalue weighted by Crippen LogP contribution is -2.38. The van der Waals surface area contributed by atoms with Gasteiger partial charge in [0.2, 0.25) is 11.8 Å². The average Bonchev–Trinajstić information content (AvgIpc) is 2.26. The number of likely N-dealkylation sites (tertiary alicyclic amines) is 1. The van der Waals surface area contributed by atoms with Gasteiger partial charge in [0.05, 0.1) is 0 Å². The Morgan fingerprint density at radius 2 is 1.75 bits per heavy atom. The minimum Gasteiger partial charge on any atom is -0.343 e. The maximum atomic E-state index is 11.7. The van der Waals surface area contributed by atoms with Gasteiger partial charge < -0.3 is 4.90 Å². The summed E-state index contributed by atoms with van der Waals surface area (Å²) in [6, 6.07) is 0. The van der Waals surface area contributed by atoms with Crippen molar-refractivity contribution in [3.8, 4) is 0 Å². The van der Waals surface area contributed by atoms with Crippen LogP contribution >= 0.6 is 0 Å². The molecule has 1 aliphatic heterocycles. The van der Waals surface area contributed by atoms with Crippen molar-refractivity contribution >= 4 is 11.8 Å². The van der Waals surface area contributed by atoms with Crippen LogP contribution in [0.3, 0.4) is 0 Å². The van der Waals surface area contributed by atoms with Crippen molar-refractivity contribution in [2.24, 2.45) is 0 Å². The number of hydrogen-bond donors (Lipinski definition) is 1. The molecule has 0 aromatic heterocycles. The number of nitrogens with zero attached hydrogens (tertiary/aromatic N) is 2. The quantitative estimate of drug-likeness (QED) is 0.706. The molecule has 5 heteroatoms. The van der Waals surface area contributed by atoms with Crippen LogP contribution in [0.25, 0.3) is 0 Å². The maximum Gasteiger partial charge on any atom is 0.234 e. The molecule has 0 atom stereocenters. The molecule has 1 rings (SSSR count). The van der Waals surface area contributed by atoms with E-state index in [0.29, 0.717) is 6.42 Å². The Labute approximate surface area is 96.7 Å². The van der Waals surface area contributed by atoms with Gasteiger partial charge in [-0.15, -0.1) is 0 Å². The van der Waals surface area contributed by atoms with Gasteiger partial charge >= 0.3 is 0 Å². The van der Waals surface area contributed by atoms with E-state index >= 15 is 0 Å². The van der Waals surface area contributed by atoms with Gasteiger partial charge in [-0.1, -0.05) is 0 Å². The Bertz CT molecular complexity index is 248. The van der Waals surface area contributed by atoms with Crippen LogP contribution in [0, 0.1) is 0 Å². The number of carbonyl (C=O) groups excluding carboxylic acids is 2. The Balaban J connectivity index is 2.21. The fraction of sp³-hybridized carbons (Fsp3) is 0.818. The highest BCUT2D eigenvalue weighted by molar-refractivity contribution is 5.83. The number of piperidine rings is 1. The summed E-state index contributed by atoms with van der Waals surface area (Å²) < 4.78 is 0. The summed E-state index contributed by atoms with van der Waals surface area (Å²) >= 11 is 0. The molecule has 1 N–H and O–H groups in total. The third-order valence-electron chi connectivity index (χ3n) is 2.62. The molecule has 1 saturated heterocycles. The van der Waals surface area contributed by atoms with Crippen LogP contribution in [0.15, 0.2) is 0 Å². The second kappa shape index (κ2) is 6.48. The summed E-state index contributed by atoms with van der Waals surface area (Å²) in [6.07, 6.45) is 3.99. The number of carbonyl (C=O) groups is 2. The standard InChI is InChI=1S/C11H21N3O2/c1-13(2)12-10(15)6-7-11(16)14-8-4-3-5-9-14/h3-9H2,1-2H3,(H,12,15). The Morgan fingerprint density at radius 3 is 2.31 bits per heavy atom. The van der Waals surface area contributed by atoms with E-state index in [1.54, 1.807) is 19.1 Å². The number of hydrogen-bond acceptors (Lipinski definition) is 3. The van der Waals surface area contributed by atoms with Crippen molar-refractivity contribution in [2.45, 2.75) is 32.1 Å². The molecule has 0 aromatic rings. The van der Waals surface area contributed by atoms with Crippen molar-refractivity contribution in [2.75, 3.05) is 27.2 Å². The minimum atomic E-state index is -0.102. The predicted molar refractivity (Wildman–Crippen MR) is 61.5 cm³/mol. The largest absolute Gasteiger partial charge is 0.343 e. The molecule has 1 aliphatic rings. The lowest BCUT2D eigenvalue weighted by Gasteiger charge is -2.26. The van der Waals surface area contributed by atoms with E-state index in [9.17, 15) is 9.59 Å². The van der Waals surface area contributed by atoms with Crippen molar-refractivity contribution in [1.82, 2.24) is 15.3 Å². The van der Waals surface area contributed by atoms with Gasteiger partial charge in [-0.05, 0) is 19.3 Å². The summed E-state index contributed by atoms with van der Waals surface area (Å²) in [4.78, 5) is 24.9. The third kappa shape index (κ3) is 4.61. The Morgan fingerprint density at radius 1 is 1.12 bits per heavy atom. The summed E-state index contributed by atoms with van der Waals surface area (Å²) in [5.41, 5.74) is 2.62. The van der Waals surface area contributed by atoms with Gasteiger partial charge in [-0.2, -0.15) is 0 Å². The van der Waals surface area contributed by atoms with Crippen molar-refractivity contribution in [3.05, 3.63) is 0 Å². The smallest absolute Gasteiger partial charge is 0.234 e. The highest BCUT2D eigenvalue weighted by atomic mass is 16.2. The zero-order valence-electron chi connectivity index (χ0n) is 10.2. The molecule has 0 aromatic carbocycles. The van der Waals surface area contributed by atoms with Gasteiger partial charge in [-0.3, -0.25) is 15.0 Å². The second-order valence-corrected chi connectivity index (χ2v) is 4.37. The van der Waals surface area contributed by atoms with Gasteiger partial charge in [-0.25, -0.2) is 5.01 Å². The van der Waals surface area contributed by atoms with Crippen LogP contribution in [0.5, 0.6) is 0 Å². The first-order valence-corrected chi connectivity index (χ1v) is 5.84. The van der Waals surface area contributed by atoms with Crippen LogP contribution < -0.4 is 5.43 Å². The van der Waals surface area contributed by atoms with E-state index in [4.69, 9.17) is 0 Å². The number of rotatable bonds is 4. The SMILES string of the molecule is CN(C)NC(=O)CCC(=O)N1CCCCC1. The highest BCUT2D eigenvalue weighted by Gasteiger charge is 2.17. The second-order valence-electron chi connectivity index (χ2n) is 4.37. The zero-order valence-corrected chi connectivity index (χ0v) is 10.2. The average molecular weight is 227 g/mol. The molecule has 92 valence electrons. The first kappa shape index (κ1) is 13.0. The van der Waals surface area contributed by atoms with E-state index in [-0.39, 0.29) is 18.2 Å². The molecule has 0 spiro atoms. The fourth-order valence-electron chi connectivity index (χ4n) is 1.83. The van der Waals surface area contributed by atoms with Gasteiger partial charge in [0.15, 0.2) is 0 Å². The summed E-state index contributed by atoms with van der Waals surface area (Å²) in [6.45, 7) is 1.71. The molecule has 16 heavy (non-hydrogen) atoms. The van der Waals surface area contributed by atoms with Gasteiger partial charge in [0, 0.05) is 40.0 Å². The number of nitrogens with one attached hydrogen (secondary N) is 1. The van der Waals surface area contributed by atoms with E-state index < -0.39 is 0 Å². The summed E-state index contributed by atoms with van der Waals surface area (Å²) in [7, 11) is 3.51. The van der Waals surface area contributed by atoms with Gasteiger partial charge in [0.25, 0.3) is 0 Å². The van der Waals surface area contributed by atoms with Crippen LogP contribution in [0.2, 0.25) is 0 Å². The molecule has 1 heterocycles. The monoisotopic (exact) mass is 227 g/mol. The Hall–Kier alpha value is -1.10. The molecule has 0 aliphatic carbocycles. The van der Waals surface area contributed by atoms with Crippen LogP contribution in [0.1, 0.15) is 32.1 Å². The summed E-state index contributed by atoms with van der Waals surface area (Å²) in [5, 5.41) is 1.59. The zero-order chi connectivity index (χ0) is 12.0. The molecular formula is C11H21N3O2. The minimum absolute atomic E-state index is 0.102. The van der Waals surface area contributed by atoms with Crippen molar-refractivity contribution in [1.29, 1.82) is 0 Å². The van der Waals surface area contributed by atoms with Crippen molar-refractivity contribution < 1.29 is 9.59 Å². The van der Waals surface area contributed by atoms with E-state index in [1.807, 2.05) is 4.90 Å². The number of amides is 2. The van der Waals surface area contributed by atoms with E-state index in [2.05, 4.69) is 5.43 Å². The van der Waals surface area contributed by atoms with Crippen LogP contribution in [0.4, 0.5) is 0 Å². The molecule has 0 radical (unpaired) electrons. The molecule has 1 fully saturated rings. The normalized spacial score (nSPS) is 16.3. The number of hydrazine groups is 1. The summed E-state index contributed by atoms with van der Waals surface area (Å²) in [5.74, 6) is 0.00367. The van der Waals surface area contributed by atoms with Crippen LogP contribution in [-0.4, -0.2) is 48.9 Å². The van der Waals surface area contributed by atoms with Crippen LogP contribution in [-0.2, 0) is 9.59 Å². The maximum absolute atomic E-state index is 11.7. The van der Waals surface area contributed by atoms with E-state index in [0.717, 1.165) is 25.9 Å². The van der Waals surface area contributed by atoms with E-state index in [1.165, 1.54) is 6.42 Å². The first-order chi connectivity index (χ1) is 7.59. The lowest BCUT2D eigenvalue weighted by atomic mass is 10.1. The molecule has 0 unspecified atom stereocenters. The van der Waals surface area contributed by atoms with Crippen molar-refractivity contribution in [3.63, 3.8) is 0 Å². The van der Waals surface area contributed by atoms with Gasteiger partial charge in [0.1, 0.15) is 0 Å². The third-order valence-corrected chi connectivity index (χ3v) is 2.62. The molecule has 0 bridgehead atoms. The Kier molecular flexibility index (Phi) is 5.25. The molecular weight excluding hydrogens is 206 g/mol. The topological polar surface area (TPSA) is 52.7 Å². The highest BCUT2D eigenvalue weighted by Crippen LogP contribution is 2.10. The molecule has 5 nitrogen and oxygen atoms in total. The first-order valence-electron chi connectivity index (χ1n) is 5.84. The fourth-order valence-corrected chi connectivity index (χ4v) is 1.83.